The van der Waals surface area contributed by atoms with Crippen molar-refractivity contribution in [1.29, 1.82) is 0 Å². The number of methoxy groups -OCH3 is 1. The minimum Gasteiger partial charge on any atom is -0.490 e. The molecule has 104 valence electrons. The Morgan fingerprint density at radius 1 is 1.42 bits per heavy atom. The molecule has 6 nitrogen and oxygen atoms in total. The highest BCUT2D eigenvalue weighted by atomic mass is 16.6. The zero-order valence-corrected chi connectivity index (χ0v) is 11.0. The van der Waals surface area contributed by atoms with Crippen LogP contribution in [0.3, 0.4) is 0 Å². The van der Waals surface area contributed by atoms with E-state index in [0.29, 0.717) is 5.69 Å². The summed E-state index contributed by atoms with van der Waals surface area (Å²) in [5, 5.41) is 14.4. The Bertz CT molecular complexity index is 464. The lowest BCUT2D eigenvalue weighted by Gasteiger charge is -2.30. The molecule has 1 aromatic rings. The molecule has 0 aromatic heterocycles. The number of nitro groups is 1. The summed E-state index contributed by atoms with van der Waals surface area (Å²) in [6, 6.07) is 5.15. The summed E-state index contributed by atoms with van der Waals surface area (Å²) in [7, 11) is 1.43. The molecule has 3 N–H and O–H groups in total. The van der Waals surface area contributed by atoms with Crippen LogP contribution in [0.5, 0.6) is 5.75 Å². The van der Waals surface area contributed by atoms with Crippen LogP contribution in [0.15, 0.2) is 18.2 Å². The lowest BCUT2D eigenvalue weighted by molar-refractivity contribution is -0.384. The number of benzene rings is 1. The monoisotopic (exact) mass is 265 g/mol. The Kier molecular flexibility index (Phi) is 4.21. The van der Waals surface area contributed by atoms with Crippen molar-refractivity contribution >= 4 is 11.4 Å². The van der Waals surface area contributed by atoms with E-state index in [2.05, 4.69) is 5.32 Å². The molecule has 2 rings (SSSR count). The molecular weight excluding hydrogens is 246 g/mol. The predicted octanol–water partition coefficient (Wildman–Crippen LogP) is 2.29. The molecule has 0 bridgehead atoms. The number of ether oxygens (including phenoxy) is 1. The number of rotatable bonds is 4. The molecule has 0 heterocycles. The van der Waals surface area contributed by atoms with E-state index in [4.69, 9.17) is 10.5 Å². The summed E-state index contributed by atoms with van der Waals surface area (Å²) in [5.41, 5.74) is 6.51. The third-order valence-corrected chi connectivity index (χ3v) is 3.56. The Labute approximate surface area is 112 Å². The number of nitro benzene ring substituents is 1. The molecule has 0 unspecified atom stereocenters. The Hall–Kier alpha value is -1.82. The van der Waals surface area contributed by atoms with Gasteiger partial charge in [-0.15, -0.1) is 0 Å². The minimum atomic E-state index is -0.421. The van der Waals surface area contributed by atoms with Crippen LogP contribution < -0.4 is 15.8 Å². The number of para-hydroxylation sites is 1. The van der Waals surface area contributed by atoms with E-state index in [1.165, 1.54) is 7.11 Å². The van der Waals surface area contributed by atoms with Gasteiger partial charge in [-0.05, 0) is 25.0 Å². The average Bonchev–Trinajstić information content (AvgIpc) is 2.40. The second-order valence-electron chi connectivity index (χ2n) is 4.81. The number of nitrogens with two attached hydrogens (primary N) is 1. The van der Waals surface area contributed by atoms with Crippen molar-refractivity contribution in [3.05, 3.63) is 28.3 Å². The van der Waals surface area contributed by atoms with Gasteiger partial charge in [0.05, 0.1) is 12.0 Å². The van der Waals surface area contributed by atoms with Crippen molar-refractivity contribution in [3.63, 3.8) is 0 Å². The fourth-order valence-electron chi connectivity index (χ4n) is 2.53. The Morgan fingerprint density at radius 3 is 2.79 bits per heavy atom. The quantitative estimate of drug-likeness (QED) is 0.644. The molecule has 0 amide bonds. The summed E-state index contributed by atoms with van der Waals surface area (Å²) in [4.78, 5) is 10.8. The SMILES string of the molecule is COc1cccc(N[C@@H]2CCCC[C@H]2N)c1[N+](=O)[O-]. The summed E-state index contributed by atoms with van der Waals surface area (Å²) in [5.74, 6) is 0.263. The van der Waals surface area contributed by atoms with E-state index in [-0.39, 0.29) is 23.5 Å². The zero-order valence-electron chi connectivity index (χ0n) is 11.0. The molecule has 0 radical (unpaired) electrons. The van der Waals surface area contributed by atoms with E-state index in [9.17, 15) is 10.1 Å². The Morgan fingerprint density at radius 2 is 2.16 bits per heavy atom. The maximum absolute atomic E-state index is 11.2. The molecule has 2 atom stereocenters. The maximum atomic E-state index is 11.2. The van der Waals surface area contributed by atoms with Crippen LogP contribution in [-0.4, -0.2) is 24.1 Å². The van der Waals surface area contributed by atoms with Crippen molar-refractivity contribution in [2.45, 2.75) is 37.8 Å². The largest absolute Gasteiger partial charge is 0.490 e. The molecule has 1 aliphatic rings. The third kappa shape index (κ3) is 2.96. The predicted molar refractivity (Wildman–Crippen MR) is 73.5 cm³/mol. The van der Waals surface area contributed by atoms with Gasteiger partial charge in [-0.25, -0.2) is 0 Å². The number of nitrogens with zero attached hydrogens (tertiary/aromatic N) is 1. The van der Waals surface area contributed by atoms with Crippen LogP contribution in [0.25, 0.3) is 0 Å². The topological polar surface area (TPSA) is 90.4 Å². The molecule has 0 spiro atoms. The average molecular weight is 265 g/mol. The molecule has 1 aromatic carbocycles. The van der Waals surface area contributed by atoms with E-state index in [1.807, 2.05) is 0 Å². The van der Waals surface area contributed by atoms with E-state index in [0.717, 1.165) is 25.7 Å². The smallest absolute Gasteiger partial charge is 0.333 e. The summed E-state index contributed by atoms with van der Waals surface area (Å²) in [6.07, 6.45) is 4.12. The van der Waals surface area contributed by atoms with Gasteiger partial charge >= 0.3 is 5.69 Å². The first-order chi connectivity index (χ1) is 9.13. The van der Waals surface area contributed by atoms with Crippen molar-refractivity contribution in [1.82, 2.24) is 0 Å². The summed E-state index contributed by atoms with van der Waals surface area (Å²) < 4.78 is 5.05. The van der Waals surface area contributed by atoms with Gasteiger partial charge in [-0.3, -0.25) is 10.1 Å². The highest BCUT2D eigenvalue weighted by Gasteiger charge is 2.26. The molecule has 0 aliphatic heterocycles. The standard InChI is InChI=1S/C13H19N3O3/c1-19-12-8-4-7-11(13(12)16(17)18)15-10-6-3-2-5-9(10)14/h4,7-10,15H,2-3,5-6,14H2,1H3/t9-,10-/m1/s1. The summed E-state index contributed by atoms with van der Waals surface area (Å²) in [6.45, 7) is 0. The van der Waals surface area contributed by atoms with Crippen molar-refractivity contribution < 1.29 is 9.66 Å². The van der Waals surface area contributed by atoms with Gasteiger partial charge in [-0.1, -0.05) is 18.9 Å². The van der Waals surface area contributed by atoms with Crippen molar-refractivity contribution in [2.24, 2.45) is 5.73 Å². The first-order valence-corrected chi connectivity index (χ1v) is 6.47. The summed E-state index contributed by atoms with van der Waals surface area (Å²) >= 11 is 0. The highest BCUT2D eigenvalue weighted by molar-refractivity contribution is 5.68. The van der Waals surface area contributed by atoms with Gasteiger partial charge in [0.1, 0.15) is 5.69 Å². The first kappa shape index (κ1) is 13.6. The molecule has 1 saturated carbocycles. The van der Waals surface area contributed by atoms with Gasteiger partial charge in [0.25, 0.3) is 0 Å². The minimum absolute atomic E-state index is 0.0252. The molecule has 1 fully saturated rings. The highest BCUT2D eigenvalue weighted by Crippen LogP contribution is 2.35. The Balaban J connectivity index is 2.26. The lowest BCUT2D eigenvalue weighted by Crippen LogP contribution is -2.42. The molecule has 6 heteroatoms. The maximum Gasteiger partial charge on any atom is 0.333 e. The van der Waals surface area contributed by atoms with Gasteiger partial charge in [0.15, 0.2) is 5.75 Å². The zero-order chi connectivity index (χ0) is 13.8. The van der Waals surface area contributed by atoms with E-state index in [1.54, 1.807) is 18.2 Å². The van der Waals surface area contributed by atoms with Gasteiger partial charge in [-0.2, -0.15) is 0 Å². The van der Waals surface area contributed by atoms with E-state index >= 15 is 0 Å². The normalized spacial score (nSPS) is 22.8. The number of anilines is 1. The van der Waals surface area contributed by atoms with Crippen LogP contribution in [0.4, 0.5) is 11.4 Å². The van der Waals surface area contributed by atoms with Gasteiger partial charge in [0.2, 0.25) is 0 Å². The molecular formula is C13H19N3O3. The number of nitrogens with one attached hydrogen (secondary N) is 1. The second-order valence-corrected chi connectivity index (χ2v) is 4.81. The number of hydrogen-bond donors (Lipinski definition) is 2. The second kappa shape index (κ2) is 5.88. The van der Waals surface area contributed by atoms with Crippen LogP contribution in [0.2, 0.25) is 0 Å². The van der Waals surface area contributed by atoms with Crippen LogP contribution in [0.1, 0.15) is 25.7 Å². The van der Waals surface area contributed by atoms with Gasteiger partial charge < -0.3 is 15.8 Å². The lowest BCUT2D eigenvalue weighted by atomic mass is 9.91. The number of hydrogen-bond acceptors (Lipinski definition) is 5. The first-order valence-electron chi connectivity index (χ1n) is 6.47. The molecule has 0 saturated heterocycles. The van der Waals surface area contributed by atoms with Crippen molar-refractivity contribution in [2.75, 3.05) is 12.4 Å². The third-order valence-electron chi connectivity index (χ3n) is 3.56. The van der Waals surface area contributed by atoms with Crippen LogP contribution in [-0.2, 0) is 0 Å². The van der Waals surface area contributed by atoms with Crippen LogP contribution >= 0.6 is 0 Å². The van der Waals surface area contributed by atoms with Gasteiger partial charge in [0, 0.05) is 12.1 Å². The van der Waals surface area contributed by atoms with Crippen molar-refractivity contribution in [3.8, 4) is 5.75 Å². The molecule has 1 aliphatic carbocycles. The van der Waals surface area contributed by atoms with E-state index < -0.39 is 4.92 Å². The fraction of sp³-hybridized carbons (Fsp3) is 0.538. The molecule has 19 heavy (non-hydrogen) atoms. The van der Waals surface area contributed by atoms with Crippen LogP contribution in [0, 0.1) is 10.1 Å². The fourth-order valence-corrected chi connectivity index (χ4v) is 2.53.